The van der Waals surface area contributed by atoms with Crippen molar-refractivity contribution in [3.05, 3.63) is 69.6 Å². The third-order valence-corrected chi connectivity index (χ3v) is 3.57. The summed E-state index contributed by atoms with van der Waals surface area (Å²) in [6.45, 7) is 1.85. The van der Waals surface area contributed by atoms with Gasteiger partial charge >= 0.3 is 0 Å². The maximum atomic E-state index is 12.3. The third kappa shape index (κ3) is 4.05. The number of carbonyl (C=O) groups excluding carboxylic acids is 1. The van der Waals surface area contributed by atoms with Crippen molar-refractivity contribution in [2.24, 2.45) is 0 Å². The molecule has 0 spiro atoms. The first-order valence-corrected chi connectivity index (χ1v) is 6.66. The predicted octanol–water partition coefficient (Wildman–Crippen LogP) is 0.794. The molecule has 1 aromatic heterocycles. The number of pyridine rings is 1. The zero-order valence-electron chi connectivity index (χ0n) is 12.0. The Morgan fingerprint density at radius 1 is 1.32 bits per heavy atom. The van der Waals surface area contributed by atoms with E-state index in [1.807, 2.05) is 18.2 Å². The average Bonchev–Trinajstić information content (AvgIpc) is 2.49. The molecular weight excluding hydrogens is 447 g/mol. The van der Waals surface area contributed by atoms with Crippen LogP contribution in [0.4, 0.5) is 0 Å². The van der Waals surface area contributed by atoms with Crippen LogP contribution in [0.2, 0.25) is 0 Å². The van der Waals surface area contributed by atoms with E-state index in [0.29, 0.717) is 5.56 Å². The van der Waals surface area contributed by atoms with Crippen LogP contribution in [0, 0.1) is 6.07 Å². The minimum absolute atomic E-state index is 0. The summed E-state index contributed by atoms with van der Waals surface area (Å²) in [6, 6.07) is 11.5. The van der Waals surface area contributed by atoms with E-state index in [4.69, 9.17) is 0 Å². The van der Waals surface area contributed by atoms with Gasteiger partial charge in [-0.1, -0.05) is 12.1 Å². The van der Waals surface area contributed by atoms with Gasteiger partial charge in [-0.05, 0) is 30.2 Å². The number of carbonyl (C=O) groups is 1. The van der Waals surface area contributed by atoms with Crippen molar-refractivity contribution in [2.45, 2.75) is 19.5 Å². The molecule has 2 heterocycles. The van der Waals surface area contributed by atoms with E-state index in [-0.39, 0.29) is 47.4 Å². The van der Waals surface area contributed by atoms with Crippen molar-refractivity contribution in [3.8, 4) is 0 Å². The molecule has 0 saturated heterocycles. The summed E-state index contributed by atoms with van der Waals surface area (Å²) in [7, 11) is 0. The van der Waals surface area contributed by atoms with Gasteiger partial charge in [0.25, 0.3) is 0 Å². The second-order valence-electron chi connectivity index (χ2n) is 4.93. The Morgan fingerprint density at radius 2 is 2.14 bits per heavy atom. The van der Waals surface area contributed by atoms with Crippen LogP contribution in [0.25, 0.3) is 0 Å². The minimum Gasteiger partial charge on any atom is -0.415 e. The van der Waals surface area contributed by atoms with Crippen molar-refractivity contribution < 1.29 is 25.9 Å². The molecule has 3 rings (SSSR count). The first-order valence-electron chi connectivity index (χ1n) is 6.66. The molecule has 111 valence electrons. The first kappa shape index (κ1) is 18.6. The summed E-state index contributed by atoms with van der Waals surface area (Å²) in [5.41, 5.74) is 2.93. The van der Waals surface area contributed by atoms with Crippen LogP contribution >= 0.6 is 0 Å². The molecule has 0 fully saturated rings. The molecule has 4 nitrogen and oxygen atoms in total. The first-order chi connectivity index (χ1) is 9.74. The SMILES string of the molecule is O=C(Cn1cc[c-]cc1=O)c1ccc2c(c1)CNCC2.[B].[W]. The van der Waals surface area contributed by atoms with E-state index < -0.39 is 0 Å². The monoisotopic (exact) mass is 462 g/mol. The topological polar surface area (TPSA) is 51.1 Å². The van der Waals surface area contributed by atoms with Crippen LogP contribution in [-0.2, 0) is 40.6 Å². The van der Waals surface area contributed by atoms with Gasteiger partial charge in [-0.3, -0.25) is 4.79 Å². The van der Waals surface area contributed by atoms with Crippen LogP contribution in [0.5, 0.6) is 0 Å². The molecule has 0 amide bonds. The van der Waals surface area contributed by atoms with Crippen molar-refractivity contribution in [1.82, 2.24) is 9.88 Å². The van der Waals surface area contributed by atoms with Gasteiger partial charge in [-0.15, -0.1) is 12.3 Å². The molecule has 1 aliphatic heterocycles. The Hall–Kier alpha value is -1.45. The number of benzene rings is 1. The maximum absolute atomic E-state index is 12.3. The molecule has 3 radical (unpaired) electrons. The maximum Gasteiger partial charge on any atom is 0.180 e. The smallest absolute Gasteiger partial charge is 0.180 e. The van der Waals surface area contributed by atoms with E-state index in [1.54, 1.807) is 12.3 Å². The number of ketones is 1. The van der Waals surface area contributed by atoms with Crippen LogP contribution in [-0.4, -0.2) is 25.3 Å². The van der Waals surface area contributed by atoms with Crippen LogP contribution in [0.1, 0.15) is 21.5 Å². The molecule has 0 saturated carbocycles. The van der Waals surface area contributed by atoms with Gasteiger partial charge in [0.05, 0.1) is 6.54 Å². The Morgan fingerprint density at radius 3 is 2.91 bits per heavy atom. The van der Waals surface area contributed by atoms with Gasteiger partial charge in [0.15, 0.2) is 5.78 Å². The molecule has 0 bridgehead atoms. The second kappa shape index (κ2) is 8.26. The number of Topliss-reactive ketones (excluding diaryl/α,β-unsaturated/α-hetero) is 1. The fraction of sp³-hybridized carbons (Fsp3) is 0.250. The molecule has 22 heavy (non-hydrogen) atoms. The molecule has 1 aromatic carbocycles. The number of hydrogen-bond acceptors (Lipinski definition) is 3. The standard InChI is InChI=1S/C16H15N2O2.B.W/c19-15(11-18-8-2-1-3-16(18)20)13-5-4-12-6-7-17-10-14(12)9-13;;/h2-5,8-9,17H,6-7,10-11H2;;/q-1;;. The number of fused-ring (bicyclic) bond motifs is 1. The Labute approximate surface area is 145 Å². The molecule has 2 aromatic rings. The molecule has 1 N–H and O–H groups in total. The summed E-state index contributed by atoms with van der Waals surface area (Å²) < 4.78 is 1.40. The fourth-order valence-corrected chi connectivity index (χ4v) is 2.44. The normalized spacial score (nSPS) is 12.5. The number of rotatable bonds is 3. The van der Waals surface area contributed by atoms with Crippen molar-refractivity contribution >= 4 is 14.2 Å². The molecule has 0 unspecified atom stereocenters. The van der Waals surface area contributed by atoms with E-state index >= 15 is 0 Å². The zero-order valence-corrected chi connectivity index (χ0v) is 15.0. The van der Waals surface area contributed by atoms with Gasteiger partial charge in [-0.25, -0.2) is 0 Å². The summed E-state index contributed by atoms with van der Waals surface area (Å²) in [4.78, 5) is 23.8. The van der Waals surface area contributed by atoms with Gasteiger partial charge in [-0.2, -0.15) is 12.1 Å². The van der Waals surface area contributed by atoms with E-state index in [2.05, 4.69) is 11.4 Å². The molecule has 6 heteroatoms. The van der Waals surface area contributed by atoms with Crippen LogP contribution in [0.15, 0.2) is 41.3 Å². The van der Waals surface area contributed by atoms with Gasteiger partial charge in [0.2, 0.25) is 0 Å². The van der Waals surface area contributed by atoms with Crippen molar-refractivity contribution in [1.29, 1.82) is 0 Å². The Bertz CT molecular complexity index is 715. The van der Waals surface area contributed by atoms with E-state index in [9.17, 15) is 9.59 Å². The number of hydrogen-bond donors (Lipinski definition) is 1. The van der Waals surface area contributed by atoms with Crippen molar-refractivity contribution in [3.63, 3.8) is 0 Å². The third-order valence-electron chi connectivity index (χ3n) is 3.57. The van der Waals surface area contributed by atoms with Crippen LogP contribution < -0.4 is 10.9 Å². The predicted molar refractivity (Wildman–Crippen MR) is 81.5 cm³/mol. The van der Waals surface area contributed by atoms with Gasteiger partial charge < -0.3 is 14.7 Å². The Balaban J connectivity index is 0.00000121. The molecule has 0 atom stereocenters. The van der Waals surface area contributed by atoms with Crippen LogP contribution in [0.3, 0.4) is 0 Å². The molecular formula is C16H15BN2O2W-. The second-order valence-corrected chi connectivity index (χ2v) is 4.93. The fourth-order valence-electron chi connectivity index (χ4n) is 2.44. The van der Waals surface area contributed by atoms with Crippen molar-refractivity contribution in [2.75, 3.05) is 6.54 Å². The molecule has 0 aliphatic carbocycles. The van der Waals surface area contributed by atoms with E-state index in [1.165, 1.54) is 21.8 Å². The summed E-state index contributed by atoms with van der Waals surface area (Å²) in [5, 5.41) is 3.30. The Kier molecular flexibility index (Phi) is 6.98. The number of nitrogens with zero attached hydrogens (tertiary/aromatic N) is 1. The minimum atomic E-state index is -0.208. The summed E-state index contributed by atoms with van der Waals surface area (Å²) in [5.74, 6) is -0.0494. The summed E-state index contributed by atoms with van der Waals surface area (Å²) in [6.07, 6.45) is 2.58. The van der Waals surface area contributed by atoms with E-state index in [0.717, 1.165) is 19.5 Å². The number of nitrogens with one attached hydrogen (secondary N) is 1. The number of aromatic nitrogens is 1. The average molecular weight is 462 g/mol. The van der Waals surface area contributed by atoms with Gasteiger partial charge in [0, 0.05) is 41.6 Å². The summed E-state index contributed by atoms with van der Waals surface area (Å²) >= 11 is 0. The zero-order chi connectivity index (χ0) is 13.9. The van der Waals surface area contributed by atoms with Gasteiger partial charge in [0.1, 0.15) is 5.56 Å². The molecule has 1 aliphatic rings. The largest absolute Gasteiger partial charge is 0.415 e. The quantitative estimate of drug-likeness (QED) is 0.418.